The standard InChI is InChI=1S/C12H14N2O/c1-8-3-4-10(5-9(8)2)12-6-11(7-13)14-15-12/h3-6H,7,13H2,1-2H3. The van der Waals surface area contributed by atoms with Crippen LogP contribution in [-0.2, 0) is 6.54 Å². The van der Waals surface area contributed by atoms with Crippen LogP contribution in [0.3, 0.4) is 0 Å². The second-order valence-corrected chi connectivity index (χ2v) is 3.69. The lowest BCUT2D eigenvalue weighted by Crippen LogP contribution is -1.94. The lowest BCUT2D eigenvalue weighted by Gasteiger charge is -2.01. The first-order chi connectivity index (χ1) is 7.20. The molecule has 78 valence electrons. The highest BCUT2D eigenvalue weighted by atomic mass is 16.5. The normalized spacial score (nSPS) is 10.6. The Morgan fingerprint density at radius 2 is 2.00 bits per heavy atom. The van der Waals surface area contributed by atoms with Gasteiger partial charge in [0.2, 0.25) is 0 Å². The van der Waals surface area contributed by atoms with Crippen molar-refractivity contribution in [3.8, 4) is 11.3 Å². The molecule has 2 rings (SSSR count). The van der Waals surface area contributed by atoms with E-state index in [0.717, 1.165) is 17.0 Å². The summed E-state index contributed by atoms with van der Waals surface area (Å²) in [4.78, 5) is 0. The maximum Gasteiger partial charge on any atom is 0.167 e. The van der Waals surface area contributed by atoms with Crippen LogP contribution in [0, 0.1) is 13.8 Å². The van der Waals surface area contributed by atoms with Crippen molar-refractivity contribution in [2.24, 2.45) is 5.73 Å². The molecule has 0 saturated heterocycles. The van der Waals surface area contributed by atoms with Gasteiger partial charge in [-0.1, -0.05) is 17.3 Å². The Morgan fingerprint density at radius 3 is 2.60 bits per heavy atom. The molecule has 0 spiro atoms. The minimum absolute atomic E-state index is 0.411. The number of rotatable bonds is 2. The first-order valence-electron chi connectivity index (χ1n) is 4.94. The van der Waals surface area contributed by atoms with Crippen LogP contribution >= 0.6 is 0 Å². The summed E-state index contributed by atoms with van der Waals surface area (Å²) in [6.07, 6.45) is 0. The van der Waals surface area contributed by atoms with E-state index in [2.05, 4.69) is 31.1 Å². The molecule has 1 aromatic heterocycles. The van der Waals surface area contributed by atoms with Crippen molar-refractivity contribution in [3.63, 3.8) is 0 Å². The van der Waals surface area contributed by atoms with Crippen LogP contribution in [0.5, 0.6) is 0 Å². The SMILES string of the molecule is Cc1ccc(-c2cc(CN)no2)cc1C. The summed E-state index contributed by atoms with van der Waals surface area (Å²) in [6, 6.07) is 8.08. The van der Waals surface area contributed by atoms with E-state index in [4.69, 9.17) is 10.3 Å². The molecule has 0 bridgehead atoms. The number of aromatic nitrogens is 1. The van der Waals surface area contributed by atoms with Gasteiger partial charge in [0.15, 0.2) is 5.76 Å². The smallest absolute Gasteiger partial charge is 0.167 e. The van der Waals surface area contributed by atoms with E-state index in [-0.39, 0.29) is 0 Å². The summed E-state index contributed by atoms with van der Waals surface area (Å²) in [6.45, 7) is 4.58. The Labute approximate surface area is 88.9 Å². The van der Waals surface area contributed by atoms with Crippen LogP contribution < -0.4 is 5.73 Å². The van der Waals surface area contributed by atoms with Crippen LogP contribution in [0.1, 0.15) is 16.8 Å². The van der Waals surface area contributed by atoms with Gasteiger partial charge in [0.25, 0.3) is 0 Å². The summed E-state index contributed by atoms with van der Waals surface area (Å²) in [5.74, 6) is 0.776. The van der Waals surface area contributed by atoms with Crippen LogP contribution in [0.2, 0.25) is 0 Å². The van der Waals surface area contributed by atoms with E-state index in [0.29, 0.717) is 6.54 Å². The molecule has 0 unspecified atom stereocenters. The van der Waals surface area contributed by atoms with Gasteiger partial charge >= 0.3 is 0 Å². The summed E-state index contributed by atoms with van der Waals surface area (Å²) in [7, 11) is 0. The second-order valence-electron chi connectivity index (χ2n) is 3.69. The molecule has 0 aliphatic rings. The monoisotopic (exact) mass is 202 g/mol. The van der Waals surface area contributed by atoms with E-state index in [1.807, 2.05) is 12.1 Å². The molecule has 0 aliphatic carbocycles. The molecule has 2 aromatic rings. The zero-order valence-corrected chi connectivity index (χ0v) is 8.95. The Bertz CT molecular complexity index is 474. The summed E-state index contributed by atoms with van der Waals surface area (Å²) in [5.41, 5.74) is 9.82. The minimum atomic E-state index is 0.411. The Hall–Kier alpha value is -1.61. The van der Waals surface area contributed by atoms with Gasteiger partial charge in [-0.15, -0.1) is 0 Å². The van der Waals surface area contributed by atoms with E-state index in [1.54, 1.807) is 0 Å². The molecule has 3 heteroatoms. The number of nitrogens with zero attached hydrogens (tertiary/aromatic N) is 1. The Balaban J connectivity index is 2.40. The van der Waals surface area contributed by atoms with Crippen LogP contribution in [0.15, 0.2) is 28.8 Å². The molecule has 0 aliphatic heterocycles. The Kier molecular flexibility index (Phi) is 2.56. The first kappa shape index (κ1) is 9.93. The molecule has 2 N–H and O–H groups in total. The third kappa shape index (κ3) is 1.92. The fourth-order valence-electron chi connectivity index (χ4n) is 1.44. The number of hydrogen-bond donors (Lipinski definition) is 1. The zero-order valence-electron chi connectivity index (χ0n) is 8.95. The summed E-state index contributed by atoms with van der Waals surface area (Å²) in [5, 5.41) is 3.86. The van der Waals surface area contributed by atoms with Crippen LogP contribution in [0.4, 0.5) is 0 Å². The van der Waals surface area contributed by atoms with Crippen molar-refractivity contribution in [1.29, 1.82) is 0 Å². The maximum absolute atomic E-state index is 5.47. The van der Waals surface area contributed by atoms with Crippen LogP contribution in [-0.4, -0.2) is 5.16 Å². The molecule has 0 fully saturated rings. The quantitative estimate of drug-likeness (QED) is 0.813. The van der Waals surface area contributed by atoms with E-state index in [9.17, 15) is 0 Å². The van der Waals surface area contributed by atoms with Gasteiger partial charge in [-0.3, -0.25) is 0 Å². The molecule has 3 nitrogen and oxygen atoms in total. The van der Waals surface area contributed by atoms with Crippen LogP contribution in [0.25, 0.3) is 11.3 Å². The summed E-state index contributed by atoms with van der Waals surface area (Å²) < 4.78 is 5.21. The van der Waals surface area contributed by atoms with Crippen molar-refractivity contribution in [2.45, 2.75) is 20.4 Å². The fraction of sp³-hybridized carbons (Fsp3) is 0.250. The minimum Gasteiger partial charge on any atom is -0.356 e. The molecular formula is C12H14N2O. The molecule has 15 heavy (non-hydrogen) atoms. The highest BCUT2D eigenvalue weighted by Gasteiger charge is 2.06. The van der Waals surface area contributed by atoms with Crippen molar-refractivity contribution in [2.75, 3.05) is 0 Å². The van der Waals surface area contributed by atoms with Gasteiger partial charge in [-0.05, 0) is 31.0 Å². The molecule has 0 amide bonds. The van der Waals surface area contributed by atoms with E-state index in [1.165, 1.54) is 11.1 Å². The number of hydrogen-bond acceptors (Lipinski definition) is 3. The van der Waals surface area contributed by atoms with Crippen molar-refractivity contribution >= 4 is 0 Å². The summed E-state index contributed by atoms with van der Waals surface area (Å²) >= 11 is 0. The molecular weight excluding hydrogens is 188 g/mol. The molecule has 0 saturated carbocycles. The highest BCUT2D eigenvalue weighted by Crippen LogP contribution is 2.22. The average Bonchev–Trinajstić information content (AvgIpc) is 2.70. The van der Waals surface area contributed by atoms with Gasteiger partial charge in [-0.25, -0.2) is 0 Å². The van der Waals surface area contributed by atoms with E-state index >= 15 is 0 Å². The third-order valence-electron chi connectivity index (χ3n) is 2.56. The van der Waals surface area contributed by atoms with Gasteiger partial charge in [-0.2, -0.15) is 0 Å². The Morgan fingerprint density at radius 1 is 1.20 bits per heavy atom. The largest absolute Gasteiger partial charge is 0.356 e. The fourth-order valence-corrected chi connectivity index (χ4v) is 1.44. The topological polar surface area (TPSA) is 52.0 Å². The van der Waals surface area contributed by atoms with Gasteiger partial charge in [0.1, 0.15) is 0 Å². The number of aryl methyl sites for hydroxylation is 2. The molecule has 0 atom stereocenters. The van der Waals surface area contributed by atoms with Gasteiger partial charge in [0.05, 0.1) is 5.69 Å². The van der Waals surface area contributed by atoms with Crippen molar-refractivity contribution in [1.82, 2.24) is 5.16 Å². The van der Waals surface area contributed by atoms with Gasteiger partial charge in [0, 0.05) is 18.2 Å². The molecule has 1 aromatic carbocycles. The first-order valence-corrected chi connectivity index (χ1v) is 4.94. The molecule has 0 radical (unpaired) electrons. The highest BCUT2D eigenvalue weighted by molar-refractivity contribution is 5.59. The second kappa shape index (κ2) is 3.87. The molecule has 1 heterocycles. The van der Waals surface area contributed by atoms with Crippen molar-refractivity contribution in [3.05, 3.63) is 41.1 Å². The predicted molar refractivity (Wildman–Crippen MR) is 59.3 cm³/mol. The number of nitrogens with two attached hydrogens (primary N) is 1. The third-order valence-corrected chi connectivity index (χ3v) is 2.56. The number of benzene rings is 1. The maximum atomic E-state index is 5.47. The lowest BCUT2D eigenvalue weighted by molar-refractivity contribution is 0.424. The predicted octanol–water partition coefficient (Wildman–Crippen LogP) is 2.42. The zero-order chi connectivity index (χ0) is 10.8. The average molecular weight is 202 g/mol. The van der Waals surface area contributed by atoms with E-state index < -0.39 is 0 Å². The lowest BCUT2D eigenvalue weighted by atomic mass is 10.0. The van der Waals surface area contributed by atoms with Gasteiger partial charge < -0.3 is 10.3 Å². The van der Waals surface area contributed by atoms with Crippen molar-refractivity contribution < 1.29 is 4.52 Å².